The summed E-state index contributed by atoms with van der Waals surface area (Å²) >= 11 is 0. The lowest BCUT2D eigenvalue weighted by molar-refractivity contribution is 0.0687. The Morgan fingerprint density at radius 2 is 2.07 bits per heavy atom. The first-order valence-electron chi connectivity index (χ1n) is 4.12. The van der Waals surface area contributed by atoms with E-state index in [0.717, 1.165) is 10.9 Å². The van der Waals surface area contributed by atoms with Gasteiger partial charge < -0.3 is 10.2 Å². The summed E-state index contributed by atoms with van der Waals surface area (Å²) in [6, 6.07) is 6.30. The molecule has 0 fully saturated rings. The zero-order valence-electron chi connectivity index (χ0n) is 7.53. The van der Waals surface area contributed by atoms with E-state index in [2.05, 4.69) is 10.3 Å². The molecule has 1 heterocycles. The number of aromatic hydroxyl groups is 1. The maximum Gasteiger partial charge on any atom is 0.356 e. The normalized spacial score (nSPS) is 10.1. The van der Waals surface area contributed by atoms with E-state index in [0.29, 0.717) is 0 Å². The Hall–Kier alpha value is -2.37. The van der Waals surface area contributed by atoms with Gasteiger partial charge in [-0.3, -0.25) is 0 Å². The summed E-state index contributed by atoms with van der Waals surface area (Å²) in [5, 5.41) is 25.4. The molecule has 0 aliphatic rings. The van der Waals surface area contributed by atoms with E-state index < -0.39 is 5.97 Å². The van der Waals surface area contributed by atoms with E-state index in [1.54, 1.807) is 18.2 Å². The number of benzene rings is 1. The van der Waals surface area contributed by atoms with Crippen molar-refractivity contribution in [3.63, 3.8) is 0 Å². The van der Waals surface area contributed by atoms with Crippen molar-refractivity contribution in [2.45, 2.75) is 0 Å². The monoisotopic (exact) mass is 205 g/mol. The van der Waals surface area contributed by atoms with Crippen LogP contribution >= 0.6 is 0 Å². The summed E-state index contributed by atoms with van der Waals surface area (Å²) in [4.78, 5) is 10.8. The minimum absolute atomic E-state index is 0.0505. The largest absolute Gasteiger partial charge is 0.506 e. The fourth-order valence-corrected chi connectivity index (χ4v) is 1.20. The maximum absolute atomic E-state index is 10.8. The van der Waals surface area contributed by atoms with E-state index in [4.69, 9.17) is 5.11 Å². The van der Waals surface area contributed by atoms with Gasteiger partial charge in [-0.05, 0) is 12.1 Å². The zero-order chi connectivity index (χ0) is 10.8. The molecule has 2 N–H and O–H groups in total. The topological polar surface area (TPSA) is 88.2 Å². The molecule has 0 radical (unpaired) electrons. The average molecular weight is 205 g/mol. The van der Waals surface area contributed by atoms with E-state index in [1.807, 2.05) is 0 Å². The predicted molar refractivity (Wildman–Crippen MR) is 50.0 cm³/mol. The first-order chi connectivity index (χ1) is 7.20. The van der Waals surface area contributed by atoms with E-state index in [-0.39, 0.29) is 17.1 Å². The maximum atomic E-state index is 10.8. The molecule has 0 amide bonds. The number of hydrogen-bond donors (Lipinski definition) is 2. The number of para-hydroxylation sites is 2. The van der Waals surface area contributed by atoms with Crippen LogP contribution in [0.5, 0.6) is 5.75 Å². The van der Waals surface area contributed by atoms with Gasteiger partial charge in [0.2, 0.25) is 0 Å². The number of aromatic carboxylic acids is 1. The molecule has 0 unspecified atom stereocenters. The lowest BCUT2D eigenvalue weighted by atomic mass is 10.3. The van der Waals surface area contributed by atoms with Gasteiger partial charge in [0.1, 0.15) is 11.4 Å². The first-order valence-corrected chi connectivity index (χ1v) is 4.12. The number of hydrogen-bond acceptors (Lipinski definition) is 4. The van der Waals surface area contributed by atoms with Crippen molar-refractivity contribution in [2.24, 2.45) is 0 Å². The Kier molecular flexibility index (Phi) is 2.09. The predicted octanol–water partition coefficient (Wildman–Crippen LogP) is 0.671. The molecule has 76 valence electrons. The standard InChI is InChI=1S/C9H7N3O3/c13-8-4-2-1-3-6(8)12-7(9(14)15)5-10-11-12/h1-5,13H,(H,14,15). The van der Waals surface area contributed by atoms with Crippen LogP contribution in [0.2, 0.25) is 0 Å². The molecule has 1 aromatic carbocycles. The van der Waals surface area contributed by atoms with Crippen molar-refractivity contribution >= 4 is 5.97 Å². The second-order valence-electron chi connectivity index (χ2n) is 2.82. The number of carbonyl (C=O) groups is 1. The smallest absolute Gasteiger partial charge is 0.356 e. The third-order valence-corrected chi connectivity index (χ3v) is 1.88. The highest BCUT2D eigenvalue weighted by molar-refractivity contribution is 5.86. The number of rotatable bonds is 2. The summed E-state index contributed by atoms with van der Waals surface area (Å²) in [6.45, 7) is 0. The molecule has 0 atom stereocenters. The van der Waals surface area contributed by atoms with Crippen LogP contribution in [0.4, 0.5) is 0 Å². The molecule has 0 aliphatic carbocycles. The average Bonchev–Trinajstić information content (AvgIpc) is 2.67. The molecule has 2 rings (SSSR count). The number of carboxylic acid groups (broad SMARTS) is 1. The van der Waals surface area contributed by atoms with E-state index in [9.17, 15) is 9.90 Å². The second kappa shape index (κ2) is 3.41. The van der Waals surface area contributed by atoms with Gasteiger partial charge in [-0.2, -0.15) is 0 Å². The first kappa shape index (κ1) is 9.20. The van der Waals surface area contributed by atoms with Crippen LogP contribution in [0.25, 0.3) is 5.69 Å². The molecule has 0 bridgehead atoms. The highest BCUT2D eigenvalue weighted by Crippen LogP contribution is 2.20. The van der Waals surface area contributed by atoms with Gasteiger partial charge in [0, 0.05) is 0 Å². The van der Waals surface area contributed by atoms with Crippen molar-refractivity contribution in [2.75, 3.05) is 0 Å². The van der Waals surface area contributed by atoms with Crippen LogP contribution in [0.3, 0.4) is 0 Å². The van der Waals surface area contributed by atoms with Crippen LogP contribution in [0.15, 0.2) is 30.5 Å². The fraction of sp³-hybridized carbons (Fsp3) is 0. The van der Waals surface area contributed by atoms with Gasteiger partial charge in [0.15, 0.2) is 5.69 Å². The number of phenols is 1. The number of aromatic nitrogens is 3. The Labute approximate surface area is 84.4 Å². The molecule has 6 nitrogen and oxygen atoms in total. The molecule has 0 aliphatic heterocycles. The summed E-state index contributed by atoms with van der Waals surface area (Å²) in [7, 11) is 0. The quantitative estimate of drug-likeness (QED) is 0.752. The van der Waals surface area contributed by atoms with Gasteiger partial charge in [0.25, 0.3) is 0 Å². The summed E-state index contributed by atoms with van der Waals surface area (Å²) in [5.41, 5.74) is 0.184. The number of nitrogens with zero attached hydrogens (tertiary/aromatic N) is 3. The van der Waals surface area contributed by atoms with Crippen LogP contribution in [0.1, 0.15) is 10.5 Å². The molecule has 0 saturated heterocycles. The zero-order valence-corrected chi connectivity index (χ0v) is 7.53. The number of phenolic OH excluding ortho intramolecular Hbond substituents is 1. The van der Waals surface area contributed by atoms with Gasteiger partial charge in [-0.1, -0.05) is 17.3 Å². The van der Waals surface area contributed by atoms with Gasteiger partial charge in [-0.25, -0.2) is 9.48 Å². The van der Waals surface area contributed by atoms with Crippen LogP contribution in [-0.4, -0.2) is 31.2 Å². The Balaban J connectivity index is 2.59. The number of carboxylic acids is 1. The van der Waals surface area contributed by atoms with Gasteiger partial charge in [-0.15, -0.1) is 5.10 Å². The minimum atomic E-state index is -1.15. The molecule has 2 aromatic rings. The Morgan fingerprint density at radius 3 is 2.73 bits per heavy atom. The molecule has 0 saturated carbocycles. The van der Waals surface area contributed by atoms with Crippen LogP contribution < -0.4 is 0 Å². The Morgan fingerprint density at radius 1 is 1.33 bits per heavy atom. The highest BCUT2D eigenvalue weighted by atomic mass is 16.4. The van der Waals surface area contributed by atoms with Crippen molar-refractivity contribution < 1.29 is 15.0 Å². The molecule has 1 aromatic heterocycles. The Bertz CT molecular complexity index is 507. The molecule has 0 spiro atoms. The lowest BCUT2D eigenvalue weighted by Gasteiger charge is -2.04. The SMILES string of the molecule is O=C(O)c1cnnn1-c1ccccc1O. The van der Waals surface area contributed by atoms with Gasteiger partial charge >= 0.3 is 5.97 Å². The van der Waals surface area contributed by atoms with Crippen LogP contribution in [-0.2, 0) is 0 Å². The van der Waals surface area contributed by atoms with E-state index >= 15 is 0 Å². The van der Waals surface area contributed by atoms with Gasteiger partial charge in [0.05, 0.1) is 6.20 Å². The van der Waals surface area contributed by atoms with E-state index in [1.165, 1.54) is 6.07 Å². The third kappa shape index (κ3) is 1.52. The third-order valence-electron chi connectivity index (χ3n) is 1.88. The highest BCUT2D eigenvalue weighted by Gasteiger charge is 2.14. The molecular weight excluding hydrogens is 198 g/mol. The lowest BCUT2D eigenvalue weighted by Crippen LogP contribution is -2.07. The summed E-state index contributed by atoms with van der Waals surface area (Å²) in [5.74, 6) is -1.20. The molecule has 6 heteroatoms. The molecular formula is C9H7N3O3. The minimum Gasteiger partial charge on any atom is -0.506 e. The second-order valence-corrected chi connectivity index (χ2v) is 2.82. The van der Waals surface area contributed by atoms with Crippen molar-refractivity contribution in [1.29, 1.82) is 0 Å². The van der Waals surface area contributed by atoms with Crippen molar-refractivity contribution in [3.05, 3.63) is 36.2 Å². The van der Waals surface area contributed by atoms with Crippen molar-refractivity contribution in [1.82, 2.24) is 15.0 Å². The fourth-order valence-electron chi connectivity index (χ4n) is 1.20. The summed E-state index contributed by atoms with van der Waals surface area (Å²) < 4.78 is 1.07. The van der Waals surface area contributed by atoms with Crippen molar-refractivity contribution in [3.8, 4) is 11.4 Å². The van der Waals surface area contributed by atoms with Crippen LogP contribution in [0, 0.1) is 0 Å². The molecule has 15 heavy (non-hydrogen) atoms. The summed E-state index contributed by atoms with van der Waals surface area (Å²) in [6.07, 6.45) is 1.12.